The molecule has 5 heteroatoms. The second-order valence-electron chi connectivity index (χ2n) is 7.64. The zero-order valence-electron chi connectivity index (χ0n) is 18.7. The molecule has 0 spiro atoms. The van der Waals surface area contributed by atoms with Crippen molar-refractivity contribution in [3.63, 3.8) is 0 Å². The molecule has 0 N–H and O–H groups in total. The van der Waals surface area contributed by atoms with E-state index in [0.29, 0.717) is 6.61 Å². The highest BCUT2D eigenvalue weighted by molar-refractivity contribution is 5.76. The third-order valence-corrected chi connectivity index (χ3v) is 5.47. The standard InChI is InChI=1S/C27H30N2O3/c1-3-24(32-21-13-5-4-6-14-21)27-28-22-15-7-8-16-23(22)29(27)19-11-12-20-31-26-18-10-9-17-25(26)30-2/h4-10,13-18,24H,3,11-12,19-20H2,1-2H3. The average molecular weight is 431 g/mol. The van der Waals surface area contributed by atoms with Gasteiger partial charge in [0.05, 0.1) is 24.8 Å². The Balaban J connectivity index is 1.45. The van der Waals surface area contributed by atoms with E-state index in [1.807, 2.05) is 60.7 Å². The van der Waals surface area contributed by atoms with Crippen molar-refractivity contribution in [1.82, 2.24) is 9.55 Å². The number of rotatable bonds is 11. The Morgan fingerprint density at radius 3 is 2.34 bits per heavy atom. The maximum atomic E-state index is 6.31. The van der Waals surface area contributed by atoms with Gasteiger partial charge in [-0.1, -0.05) is 49.4 Å². The summed E-state index contributed by atoms with van der Waals surface area (Å²) >= 11 is 0. The second kappa shape index (κ2) is 10.7. The van der Waals surface area contributed by atoms with Gasteiger partial charge in [-0.15, -0.1) is 0 Å². The van der Waals surface area contributed by atoms with Crippen LogP contribution in [0.25, 0.3) is 11.0 Å². The molecule has 1 unspecified atom stereocenters. The molecule has 0 bridgehead atoms. The number of hydrogen-bond donors (Lipinski definition) is 0. The van der Waals surface area contributed by atoms with Gasteiger partial charge in [0.1, 0.15) is 5.75 Å². The van der Waals surface area contributed by atoms with Gasteiger partial charge in [-0.25, -0.2) is 4.98 Å². The molecule has 0 saturated heterocycles. The normalized spacial score (nSPS) is 11.9. The number of imidazole rings is 1. The monoisotopic (exact) mass is 430 g/mol. The summed E-state index contributed by atoms with van der Waals surface area (Å²) in [5, 5.41) is 0. The lowest BCUT2D eigenvalue weighted by molar-refractivity contribution is 0.186. The van der Waals surface area contributed by atoms with Gasteiger partial charge in [0, 0.05) is 6.54 Å². The zero-order chi connectivity index (χ0) is 22.2. The van der Waals surface area contributed by atoms with Crippen molar-refractivity contribution in [2.75, 3.05) is 13.7 Å². The fourth-order valence-corrected chi connectivity index (χ4v) is 3.85. The van der Waals surface area contributed by atoms with Crippen LogP contribution in [0.5, 0.6) is 17.2 Å². The van der Waals surface area contributed by atoms with Gasteiger partial charge < -0.3 is 18.8 Å². The molecular formula is C27H30N2O3. The van der Waals surface area contributed by atoms with E-state index < -0.39 is 0 Å². The van der Waals surface area contributed by atoms with Crippen LogP contribution in [0.3, 0.4) is 0 Å². The molecule has 0 amide bonds. The summed E-state index contributed by atoms with van der Waals surface area (Å²) in [6, 6.07) is 26.0. The Bertz CT molecular complexity index is 1120. The number of para-hydroxylation sites is 5. The molecular weight excluding hydrogens is 400 g/mol. The molecule has 0 fully saturated rings. The Labute approximate surface area is 189 Å². The number of nitrogens with zero attached hydrogens (tertiary/aromatic N) is 2. The lowest BCUT2D eigenvalue weighted by Crippen LogP contribution is -2.14. The molecule has 4 rings (SSSR count). The van der Waals surface area contributed by atoms with E-state index >= 15 is 0 Å². The van der Waals surface area contributed by atoms with Crippen LogP contribution >= 0.6 is 0 Å². The molecule has 0 saturated carbocycles. The van der Waals surface area contributed by atoms with E-state index in [2.05, 4.69) is 29.7 Å². The van der Waals surface area contributed by atoms with Gasteiger partial charge in [-0.05, 0) is 55.7 Å². The summed E-state index contributed by atoms with van der Waals surface area (Å²) in [6.45, 7) is 3.64. The van der Waals surface area contributed by atoms with E-state index in [0.717, 1.165) is 59.9 Å². The van der Waals surface area contributed by atoms with Crippen LogP contribution in [-0.4, -0.2) is 23.3 Å². The molecule has 4 aromatic rings. The fourth-order valence-electron chi connectivity index (χ4n) is 3.85. The van der Waals surface area contributed by atoms with Gasteiger partial charge in [0.15, 0.2) is 23.4 Å². The van der Waals surface area contributed by atoms with Gasteiger partial charge in [0.2, 0.25) is 0 Å². The maximum Gasteiger partial charge on any atom is 0.161 e. The van der Waals surface area contributed by atoms with Crippen molar-refractivity contribution < 1.29 is 14.2 Å². The average Bonchev–Trinajstić information content (AvgIpc) is 3.21. The molecule has 32 heavy (non-hydrogen) atoms. The van der Waals surface area contributed by atoms with Gasteiger partial charge >= 0.3 is 0 Å². The molecule has 1 atom stereocenters. The Kier molecular flexibility index (Phi) is 7.28. The summed E-state index contributed by atoms with van der Waals surface area (Å²) in [6.07, 6.45) is 2.65. The lowest BCUT2D eigenvalue weighted by atomic mass is 10.2. The summed E-state index contributed by atoms with van der Waals surface area (Å²) in [5.41, 5.74) is 2.14. The van der Waals surface area contributed by atoms with Gasteiger partial charge in [0.25, 0.3) is 0 Å². The second-order valence-corrected chi connectivity index (χ2v) is 7.64. The summed E-state index contributed by atoms with van der Waals surface area (Å²) in [7, 11) is 1.66. The quantitative estimate of drug-likeness (QED) is 0.257. The van der Waals surface area contributed by atoms with Crippen molar-refractivity contribution in [3.05, 3.63) is 84.7 Å². The molecule has 1 heterocycles. The minimum Gasteiger partial charge on any atom is -0.493 e. The Morgan fingerprint density at radius 1 is 0.844 bits per heavy atom. The first-order valence-electron chi connectivity index (χ1n) is 11.2. The van der Waals surface area contributed by atoms with Crippen molar-refractivity contribution in [1.29, 1.82) is 0 Å². The van der Waals surface area contributed by atoms with Gasteiger partial charge in [-0.2, -0.15) is 0 Å². The number of benzene rings is 3. The number of aryl methyl sites for hydroxylation is 1. The third kappa shape index (κ3) is 5.05. The predicted octanol–water partition coefficient (Wildman–Crippen LogP) is 6.43. The van der Waals surface area contributed by atoms with Crippen molar-refractivity contribution in [3.8, 4) is 17.2 Å². The highest BCUT2D eigenvalue weighted by Gasteiger charge is 2.20. The predicted molar refractivity (Wildman–Crippen MR) is 128 cm³/mol. The molecule has 3 aromatic carbocycles. The van der Waals surface area contributed by atoms with Crippen LogP contribution < -0.4 is 14.2 Å². The van der Waals surface area contributed by atoms with Gasteiger partial charge in [-0.3, -0.25) is 0 Å². The number of methoxy groups -OCH3 is 1. The van der Waals surface area contributed by atoms with E-state index in [4.69, 9.17) is 19.2 Å². The highest BCUT2D eigenvalue weighted by Crippen LogP contribution is 2.28. The summed E-state index contributed by atoms with van der Waals surface area (Å²) in [4.78, 5) is 4.94. The van der Waals surface area contributed by atoms with Crippen LogP contribution in [-0.2, 0) is 6.54 Å². The van der Waals surface area contributed by atoms with Crippen molar-refractivity contribution >= 4 is 11.0 Å². The number of ether oxygens (including phenoxy) is 3. The molecule has 0 radical (unpaired) electrons. The molecule has 0 aliphatic rings. The topological polar surface area (TPSA) is 45.5 Å². The third-order valence-electron chi connectivity index (χ3n) is 5.47. The number of fused-ring (bicyclic) bond motifs is 1. The van der Waals surface area contributed by atoms with E-state index in [1.165, 1.54) is 0 Å². The Hall–Kier alpha value is -3.47. The van der Waals surface area contributed by atoms with Crippen LogP contribution in [0.4, 0.5) is 0 Å². The number of unbranched alkanes of at least 4 members (excludes halogenated alkanes) is 1. The first-order chi connectivity index (χ1) is 15.8. The van der Waals surface area contributed by atoms with Crippen molar-refractivity contribution in [2.24, 2.45) is 0 Å². The van der Waals surface area contributed by atoms with Crippen LogP contribution in [0.1, 0.15) is 38.1 Å². The molecule has 166 valence electrons. The molecule has 0 aliphatic carbocycles. The molecule has 1 aromatic heterocycles. The van der Waals surface area contributed by atoms with E-state index in [-0.39, 0.29) is 6.10 Å². The smallest absolute Gasteiger partial charge is 0.161 e. The van der Waals surface area contributed by atoms with E-state index in [1.54, 1.807) is 7.11 Å². The lowest BCUT2D eigenvalue weighted by Gasteiger charge is -2.19. The summed E-state index contributed by atoms with van der Waals surface area (Å²) in [5.74, 6) is 3.39. The largest absolute Gasteiger partial charge is 0.493 e. The van der Waals surface area contributed by atoms with Crippen LogP contribution in [0, 0.1) is 0 Å². The first kappa shape index (κ1) is 21.8. The van der Waals surface area contributed by atoms with Crippen molar-refractivity contribution in [2.45, 2.75) is 38.8 Å². The minimum atomic E-state index is -0.102. The molecule has 5 nitrogen and oxygen atoms in total. The number of aromatic nitrogens is 2. The Morgan fingerprint density at radius 2 is 1.56 bits per heavy atom. The zero-order valence-corrected chi connectivity index (χ0v) is 18.7. The SMILES string of the molecule is CCC(Oc1ccccc1)c1nc2ccccc2n1CCCCOc1ccccc1OC. The minimum absolute atomic E-state index is 0.102. The highest BCUT2D eigenvalue weighted by atomic mass is 16.5. The number of hydrogen-bond acceptors (Lipinski definition) is 4. The molecule has 0 aliphatic heterocycles. The first-order valence-corrected chi connectivity index (χ1v) is 11.2. The maximum absolute atomic E-state index is 6.31. The van der Waals surface area contributed by atoms with E-state index in [9.17, 15) is 0 Å². The van der Waals surface area contributed by atoms with Crippen LogP contribution in [0.15, 0.2) is 78.9 Å². The summed E-state index contributed by atoms with van der Waals surface area (Å²) < 4.78 is 19.9. The van der Waals surface area contributed by atoms with Crippen LogP contribution in [0.2, 0.25) is 0 Å². The fraction of sp³-hybridized carbons (Fsp3) is 0.296.